The van der Waals surface area contributed by atoms with Crippen LogP contribution in [0.15, 0.2) is 11.4 Å². The van der Waals surface area contributed by atoms with Gasteiger partial charge in [-0.2, -0.15) is 0 Å². The van der Waals surface area contributed by atoms with Gasteiger partial charge in [0, 0.05) is 19.1 Å². The van der Waals surface area contributed by atoms with E-state index in [1.165, 1.54) is 32.4 Å². The van der Waals surface area contributed by atoms with Crippen LogP contribution in [0.4, 0.5) is 5.82 Å². The highest BCUT2D eigenvalue weighted by molar-refractivity contribution is 7.16. The number of rotatable bonds is 4. The zero-order valence-corrected chi connectivity index (χ0v) is 12.8. The molecule has 2 aliphatic rings. The Morgan fingerprint density at radius 3 is 3.10 bits per heavy atom. The van der Waals surface area contributed by atoms with Crippen LogP contribution in [0.1, 0.15) is 19.3 Å². The molecule has 2 aromatic heterocycles. The third kappa shape index (κ3) is 2.50. The molecule has 3 heterocycles. The molecule has 1 atom stereocenters. The molecule has 0 radical (unpaired) electrons. The molecule has 2 fully saturated rings. The van der Waals surface area contributed by atoms with Crippen molar-refractivity contribution in [3.63, 3.8) is 0 Å². The van der Waals surface area contributed by atoms with Crippen LogP contribution in [0.25, 0.3) is 10.2 Å². The molecule has 1 aliphatic heterocycles. The number of fused-ring (bicyclic) bond motifs is 1. The quantitative estimate of drug-likeness (QED) is 0.880. The van der Waals surface area contributed by atoms with Crippen LogP contribution in [-0.2, 0) is 0 Å². The van der Waals surface area contributed by atoms with Crippen LogP contribution in [-0.4, -0.2) is 40.5 Å². The van der Waals surface area contributed by atoms with Crippen molar-refractivity contribution >= 4 is 39.0 Å². The van der Waals surface area contributed by atoms with Gasteiger partial charge in [-0.1, -0.05) is 0 Å². The van der Waals surface area contributed by atoms with E-state index in [0.717, 1.165) is 34.5 Å². The Morgan fingerprint density at radius 1 is 1.35 bits per heavy atom. The van der Waals surface area contributed by atoms with Crippen LogP contribution < -0.4 is 5.32 Å². The van der Waals surface area contributed by atoms with Gasteiger partial charge in [0.25, 0.3) is 0 Å². The molecule has 1 N–H and O–H groups in total. The van der Waals surface area contributed by atoms with E-state index in [-0.39, 0.29) is 0 Å². The Bertz CT molecular complexity index is 625. The highest BCUT2D eigenvalue weighted by Gasteiger charge is 2.34. The molecule has 0 spiro atoms. The van der Waals surface area contributed by atoms with Crippen molar-refractivity contribution in [2.45, 2.75) is 25.3 Å². The number of hydrogen-bond donors (Lipinski definition) is 1. The second-order valence-corrected chi connectivity index (χ2v) is 6.98. The lowest BCUT2D eigenvalue weighted by atomic mass is 10.1. The van der Waals surface area contributed by atoms with Crippen molar-refractivity contribution in [1.82, 2.24) is 14.9 Å². The van der Waals surface area contributed by atoms with Gasteiger partial charge in [-0.15, -0.1) is 11.3 Å². The first-order valence-corrected chi connectivity index (χ1v) is 8.44. The standard InChI is InChI=1S/C14H17ClN4S/c15-14-17-12(11-4-6-20-13(11)18-14)16-7-9-3-5-19(8-9)10-1-2-10/h4,6,9-10H,1-3,5,7-8H2,(H,16,17,18). The fourth-order valence-electron chi connectivity index (χ4n) is 3.01. The van der Waals surface area contributed by atoms with E-state index in [9.17, 15) is 0 Å². The van der Waals surface area contributed by atoms with Gasteiger partial charge in [0.2, 0.25) is 5.28 Å². The first kappa shape index (κ1) is 12.8. The lowest BCUT2D eigenvalue weighted by Crippen LogP contribution is -2.25. The molecule has 2 aromatic rings. The molecule has 1 saturated heterocycles. The van der Waals surface area contributed by atoms with E-state index in [1.54, 1.807) is 11.3 Å². The Balaban J connectivity index is 1.44. The summed E-state index contributed by atoms with van der Waals surface area (Å²) < 4.78 is 0. The predicted octanol–water partition coefficient (Wildman–Crippen LogP) is 3.24. The summed E-state index contributed by atoms with van der Waals surface area (Å²) in [5.74, 6) is 1.60. The van der Waals surface area contributed by atoms with Crippen LogP contribution in [0.2, 0.25) is 5.28 Å². The summed E-state index contributed by atoms with van der Waals surface area (Å²) in [6.45, 7) is 3.46. The normalized spacial score (nSPS) is 23.6. The Labute approximate surface area is 127 Å². The summed E-state index contributed by atoms with van der Waals surface area (Å²) in [7, 11) is 0. The summed E-state index contributed by atoms with van der Waals surface area (Å²) in [6.07, 6.45) is 4.09. The molecule has 1 saturated carbocycles. The van der Waals surface area contributed by atoms with Crippen molar-refractivity contribution in [1.29, 1.82) is 0 Å². The summed E-state index contributed by atoms with van der Waals surface area (Å²) >= 11 is 7.59. The third-order valence-corrected chi connectivity index (χ3v) is 5.21. The van der Waals surface area contributed by atoms with Gasteiger partial charge >= 0.3 is 0 Å². The summed E-state index contributed by atoms with van der Waals surface area (Å²) in [5, 5.41) is 6.92. The fraction of sp³-hybridized carbons (Fsp3) is 0.571. The number of halogens is 1. The highest BCUT2D eigenvalue weighted by Crippen LogP contribution is 2.32. The lowest BCUT2D eigenvalue weighted by Gasteiger charge is -2.15. The molecule has 0 bridgehead atoms. The molecular formula is C14H17ClN4S. The van der Waals surface area contributed by atoms with Crippen LogP contribution in [0, 0.1) is 5.92 Å². The van der Waals surface area contributed by atoms with E-state index >= 15 is 0 Å². The maximum atomic E-state index is 5.99. The first-order chi connectivity index (χ1) is 9.79. The fourth-order valence-corrected chi connectivity index (χ4v) is 3.99. The number of hydrogen-bond acceptors (Lipinski definition) is 5. The van der Waals surface area contributed by atoms with Gasteiger partial charge < -0.3 is 10.2 Å². The Hall–Kier alpha value is -0.910. The second kappa shape index (κ2) is 5.13. The van der Waals surface area contributed by atoms with Gasteiger partial charge in [-0.3, -0.25) is 0 Å². The molecule has 0 amide bonds. The number of thiophene rings is 1. The van der Waals surface area contributed by atoms with E-state index in [0.29, 0.717) is 5.28 Å². The average molecular weight is 309 g/mol. The average Bonchev–Trinajstić information content (AvgIpc) is 2.99. The topological polar surface area (TPSA) is 41.1 Å². The monoisotopic (exact) mass is 308 g/mol. The van der Waals surface area contributed by atoms with Crippen molar-refractivity contribution in [2.75, 3.05) is 25.0 Å². The molecule has 1 unspecified atom stereocenters. The van der Waals surface area contributed by atoms with Gasteiger partial charge in [0.05, 0.1) is 5.39 Å². The minimum atomic E-state index is 0.327. The second-order valence-electron chi connectivity index (χ2n) is 5.74. The number of likely N-dealkylation sites (tertiary alicyclic amines) is 1. The summed E-state index contributed by atoms with van der Waals surface area (Å²) in [4.78, 5) is 12.2. The first-order valence-electron chi connectivity index (χ1n) is 7.18. The number of nitrogens with zero attached hydrogens (tertiary/aromatic N) is 3. The van der Waals surface area contributed by atoms with E-state index in [4.69, 9.17) is 11.6 Å². The van der Waals surface area contributed by atoms with Crippen LogP contribution in [0.5, 0.6) is 0 Å². The van der Waals surface area contributed by atoms with Crippen molar-refractivity contribution in [3.8, 4) is 0 Å². The number of nitrogens with one attached hydrogen (secondary N) is 1. The molecule has 4 nitrogen and oxygen atoms in total. The molecule has 0 aromatic carbocycles. The maximum absolute atomic E-state index is 5.99. The highest BCUT2D eigenvalue weighted by atomic mass is 35.5. The van der Waals surface area contributed by atoms with Crippen LogP contribution in [0.3, 0.4) is 0 Å². The van der Waals surface area contributed by atoms with Crippen molar-refractivity contribution < 1.29 is 0 Å². The SMILES string of the molecule is Clc1nc(NCC2CCN(C3CC3)C2)c2ccsc2n1. The summed E-state index contributed by atoms with van der Waals surface area (Å²) in [5.41, 5.74) is 0. The number of anilines is 1. The van der Waals surface area contributed by atoms with E-state index in [1.807, 2.05) is 5.38 Å². The minimum Gasteiger partial charge on any atom is -0.369 e. The molecule has 20 heavy (non-hydrogen) atoms. The van der Waals surface area contributed by atoms with Gasteiger partial charge in [-0.05, 0) is 54.8 Å². The molecule has 6 heteroatoms. The lowest BCUT2D eigenvalue weighted by molar-refractivity contribution is 0.316. The van der Waals surface area contributed by atoms with Crippen molar-refractivity contribution in [3.05, 3.63) is 16.7 Å². The zero-order chi connectivity index (χ0) is 13.5. The van der Waals surface area contributed by atoms with E-state index < -0.39 is 0 Å². The summed E-state index contributed by atoms with van der Waals surface area (Å²) in [6, 6.07) is 2.95. The Morgan fingerprint density at radius 2 is 2.25 bits per heavy atom. The number of aromatic nitrogens is 2. The molecule has 1 aliphatic carbocycles. The van der Waals surface area contributed by atoms with Gasteiger partial charge in [0.1, 0.15) is 10.6 Å². The largest absolute Gasteiger partial charge is 0.369 e. The molecular weight excluding hydrogens is 292 g/mol. The smallest absolute Gasteiger partial charge is 0.225 e. The van der Waals surface area contributed by atoms with Crippen molar-refractivity contribution in [2.24, 2.45) is 5.92 Å². The zero-order valence-electron chi connectivity index (χ0n) is 11.2. The minimum absolute atomic E-state index is 0.327. The molecule has 106 valence electrons. The molecule has 4 rings (SSSR count). The maximum Gasteiger partial charge on any atom is 0.225 e. The predicted molar refractivity (Wildman–Crippen MR) is 83.6 cm³/mol. The Kier molecular flexibility index (Phi) is 3.28. The van der Waals surface area contributed by atoms with Gasteiger partial charge in [0.15, 0.2) is 0 Å². The van der Waals surface area contributed by atoms with Crippen LogP contribution >= 0.6 is 22.9 Å². The van der Waals surface area contributed by atoms with E-state index in [2.05, 4.69) is 26.3 Å². The van der Waals surface area contributed by atoms with Gasteiger partial charge in [-0.25, -0.2) is 9.97 Å². The third-order valence-electron chi connectivity index (χ3n) is 4.24.